The molecule has 0 radical (unpaired) electrons. The zero-order valence-electron chi connectivity index (χ0n) is 25.7. The smallest absolute Gasteiger partial charge is 0.308 e. The Kier molecular flexibility index (Phi) is 13.9. The summed E-state index contributed by atoms with van der Waals surface area (Å²) >= 11 is 0. The minimum atomic E-state index is -0.627. The monoisotopic (exact) mass is 579 g/mol. The highest BCUT2D eigenvalue weighted by molar-refractivity contribution is 5.93. The third-order valence-corrected chi connectivity index (χ3v) is 6.20. The van der Waals surface area contributed by atoms with Gasteiger partial charge < -0.3 is 25.0 Å². The van der Waals surface area contributed by atoms with Crippen molar-refractivity contribution in [2.24, 2.45) is 0 Å². The van der Waals surface area contributed by atoms with E-state index in [4.69, 9.17) is 9.47 Å². The van der Waals surface area contributed by atoms with Crippen LogP contribution in [0.4, 0.5) is 5.69 Å². The molecule has 0 heterocycles. The number of methoxy groups -OCH3 is 1. The Morgan fingerprint density at radius 1 is 0.952 bits per heavy atom. The van der Waals surface area contributed by atoms with Gasteiger partial charge in [-0.2, -0.15) is 0 Å². The third kappa shape index (κ3) is 13.1. The van der Waals surface area contributed by atoms with E-state index >= 15 is 0 Å². The number of anilines is 1. The molecule has 2 aromatic carbocycles. The van der Waals surface area contributed by atoms with Gasteiger partial charge in [-0.05, 0) is 63.8 Å². The van der Waals surface area contributed by atoms with Crippen LogP contribution < -0.4 is 10.6 Å². The van der Waals surface area contributed by atoms with Gasteiger partial charge in [0, 0.05) is 25.9 Å². The predicted octanol–water partition coefficient (Wildman–Crippen LogP) is 4.38. The van der Waals surface area contributed by atoms with E-state index in [0.29, 0.717) is 19.6 Å². The lowest BCUT2D eigenvalue weighted by atomic mass is 10.1. The van der Waals surface area contributed by atoms with E-state index in [0.717, 1.165) is 22.4 Å². The number of benzene rings is 2. The van der Waals surface area contributed by atoms with Crippen molar-refractivity contribution in [2.75, 3.05) is 32.1 Å². The molecule has 0 spiro atoms. The van der Waals surface area contributed by atoms with E-state index in [1.165, 1.54) is 4.90 Å². The van der Waals surface area contributed by atoms with Gasteiger partial charge in [0.2, 0.25) is 17.7 Å². The van der Waals surface area contributed by atoms with E-state index in [1.807, 2.05) is 55.5 Å². The van der Waals surface area contributed by atoms with Crippen molar-refractivity contribution in [1.29, 1.82) is 0 Å². The first kappa shape index (κ1) is 34.2. The fourth-order valence-electron chi connectivity index (χ4n) is 4.23. The van der Waals surface area contributed by atoms with Crippen molar-refractivity contribution >= 4 is 29.4 Å². The SMILES string of the molecule is C/C=C/[C@H](CC(=O)OC(C)(C)C)NC(=O)CN(CCCOC)C(=O)Cc1ccc(CC(=O)Nc2ccccc2C)cc1. The zero-order valence-corrected chi connectivity index (χ0v) is 25.7. The standard InChI is InChI=1S/C33H45N3O6/c1-7-11-27(22-32(40)42-33(3,4)5)34-30(38)23-36(18-10-19-41-6)31(39)21-26-16-14-25(15-17-26)20-29(37)35-28-13-9-8-12-24(28)2/h7-9,11-17,27H,10,18-23H2,1-6H3,(H,34,38)(H,35,37)/b11-7+/t27-/m1/s1. The molecule has 0 saturated carbocycles. The second kappa shape index (κ2) is 17.1. The molecule has 0 aromatic heterocycles. The number of nitrogens with one attached hydrogen (secondary N) is 2. The molecule has 2 rings (SSSR count). The van der Waals surface area contributed by atoms with Crippen molar-refractivity contribution in [2.45, 2.75) is 71.9 Å². The van der Waals surface area contributed by atoms with E-state index in [-0.39, 0.29) is 43.5 Å². The first-order valence-electron chi connectivity index (χ1n) is 14.2. The van der Waals surface area contributed by atoms with Crippen molar-refractivity contribution in [3.8, 4) is 0 Å². The average Bonchev–Trinajstić information content (AvgIpc) is 2.89. The summed E-state index contributed by atoms with van der Waals surface area (Å²) in [6, 6.07) is 14.4. The van der Waals surface area contributed by atoms with Crippen molar-refractivity contribution < 1.29 is 28.7 Å². The van der Waals surface area contributed by atoms with Gasteiger partial charge in [-0.15, -0.1) is 0 Å². The Morgan fingerprint density at radius 3 is 2.19 bits per heavy atom. The van der Waals surface area contributed by atoms with Crippen LogP contribution in [-0.4, -0.2) is 67.0 Å². The van der Waals surface area contributed by atoms with Crippen molar-refractivity contribution in [3.63, 3.8) is 0 Å². The number of rotatable bonds is 15. The fourth-order valence-corrected chi connectivity index (χ4v) is 4.23. The molecule has 9 heteroatoms. The fraction of sp³-hybridized carbons (Fsp3) is 0.455. The number of amides is 3. The summed E-state index contributed by atoms with van der Waals surface area (Å²) in [5.41, 5.74) is 2.75. The predicted molar refractivity (Wildman–Crippen MR) is 164 cm³/mol. The lowest BCUT2D eigenvalue weighted by molar-refractivity contribution is -0.155. The Hall–Kier alpha value is -3.98. The Bertz CT molecular complexity index is 1220. The number of aryl methyl sites for hydroxylation is 1. The average molecular weight is 580 g/mol. The highest BCUT2D eigenvalue weighted by Gasteiger charge is 2.23. The lowest BCUT2D eigenvalue weighted by Crippen LogP contribution is -2.45. The van der Waals surface area contributed by atoms with Gasteiger partial charge in [-0.1, -0.05) is 54.6 Å². The van der Waals surface area contributed by atoms with Crippen LogP contribution in [0.5, 0.6) is 0 Å². The molecule has 9 nitrogen and oxygen atoms in total. The topological polar surface area (TPSA) is 114 Å². The maximum Gasteiger partial charge on any atom is 0.308 e. The van der Waals surface area contributed by atoms with Crippen LogP contribution >= 0.6 is 0 Å². The van der Waals surface area contributed by atoms with Crippen LogP contribution in [0.3, 0.4) is 0 Å². The molecular weight excluding hydrogens is 534 g/mol. The Morgan fingerprint density at radius 2 is 1.60 bits per heavy atom. The van der Waals surface area contributed by atoms with E-state index < -0.39 is 17.6 Å². The maximum absolute atomic E-state index is 13.2. The molecule has 0 bridgehead atoms. The number of ether oxygens (including phenoxy) is 2. The first-order valence-corrected chi connectivity index (χ1v) is 14.2. The molecular formula is C33H45N3O6. The molecule has 0 aliphatic carbocycles. The van der Waals surface area contributed by atoms with Crippen molar-refractivity contribution in [3.05, 3.63) is 77.4 Å². The molecule has 0 aliphatic rings. The highest BCUT2D eigenvalue weighted by Crippen LogP contribution is 2.15. The van der Waals surface area contributed by atoms with Gasteiger partial charge in [-0.25, -0.2) is 0 Å². The number of esters is 1. The summed E-state index contributed by atoms with van der Waals surface area (Å²) in [4.78, 5) is 52.5. The van der Waals surface area contributed by atoms with E-state index in [9.17, 15) is 19.2 Å². The lowest BCUT2D eigenvalue weighted by Gasteiger charge is -2.24. The Labute approximate surface area is 249 Å². The second-order valence-corrected chi connectivity index (χ2v) is 11.2. The van der Waals surface area contributed by atoms with Crippen molar-refractivity contribution in [1.82, 2.24) is 10.2 Å². The van der Waals surface area contributed by atoms with Gasteiger partial charge >= 0.3 is 5.97 Å². The quantitative estimate of drug-likeness (QED) is 0.184. The summed E-state index contributed by atoms with van der Waals surface area (Å²) in [5.74, 6) is -1.12. The van der Waals surface area contributed by atoms with Gasteiger partial charge in [0.15, 0.2) is 0 Å². The van der Waals surface area contributed by atoms with E-state index in [2.05, 4.69) is 10.6 Å². The van der Waals surface area contributed by atoms with Crippen LogP contribution in [0.25, 0.3) is 0 Å². The number of carbonyl (C=O) groups excluding carboxylic acids is 4. The summed E-state index contributed by atoms with van der Waals surface area (Å²) < 4.78 is 10.5. The van der Waals surface area contributed by atoms with E-state index in [1.54, 1.807) is 47.0 Å². The third-order valence-electron chi connectivity index (χ3n) is 6.20. The van der Waals surface area contributed by atoms with Crippen LogP contribution in [0.15, 0.2) is 60.7 Å². The number of nitrogens with zero attached hydrogens (tertiary/aromatic N) is 1. The summed E-state index contributed by atoms with van der Waals surface area (Å²) in [6.07, 6.45) is 4.35. The number of carbonyl (C=O) groups is 4. The zero-order chi connectivity index (χ0) is 31.1. The number of hydrogen-bond acceptors (Lipinski definition) is 6. The largest absolute Gasteiger partial charge is 0.460 e. The van der Waals surface area contributed by atoms with Gasteiger partial charge in [0.1, 0.15) is 5.60 Å². The number of hydrogen-bond donors (Lipinski definition) is 2. The van der Waals surface area contributed by atoms with Gasteiger partial charge in [0.25, 0.3) is 0 Å². The van der Waals surface area contributed by atoms with Crippen LogP contribution in [0.2, 0.25) is 0 Å². The van der Waals surface area contributed by atoms with Gasteiger partial charge in [-0.3, -0.25) is 19.2 Å². The molecule has 1 atom stereocenters. The summed E-state index contributed by atoms with van der Waals surface area (Å²) in [7, 11) is 1.58. The molecule has 2 aromatic rings. The maximum atomic E-state index is 13.2. The highest BCUT2D eigenvalue weighted by atomic mass is 16.6. The minimum absolute atomic E-state index is 0.0136. The second-order valence-electron chi connectivity index (χ2n) is 11.2. The minimum Gasteiger partial charge on any atom is -0.460 e. The first-order chi connectivity index (χ1) is 19.9. The molecule has 2 N–H and O–H groups in total. The summed E-state index contributed by atoms with van der Waals surface area (Å²) in [5, 5.41) is 5.76. The number of para-hydroxylation sites is 1. The van der Waals surface area contributed by atoms with Crippen LogP contribution in [0, 0.1) is 6.92 Å². The molecule has 0 saturated heterocycles. The Balaban J connectivity index is 1.99. The molecule has 42 heavy (non-hydrogen) atoms. The molecule has 0 aliphatic heterocycles. The molecule has 0 fully saturated rings. The van der Waals surface area contributed by atoms with Gasteiger partial charge in [0.05, 0.1) is 31.8 Å². The molecule has 3 amide bonds. The summed E-state index contributed by atoms with van der Waals surface area (Å²) in [6.45, 7) is 9.74. The molecule has 0 unspecified atom stereocenters. The van der Waals surface area contributed by atoms with Crippen LogP contribution in [-0.2, 0) is 41.5 Å². The normalized spacial score (nSPS) is 12.0. The van der Waals surface area contributed by atoms with Crippen LogP contribution in [0.1, 0.15) is 57.2 Å². The molecule has 228 valence electrons. The number of allylic oxidation sites excluding steroid dienone is 1.